The number of rotatable bonds is 4. The Morgan fingerprint density at radius 1 is 1.15 bits per heavy atom. The minimum Gasteiger partial charge on any atom is -0.338 e. The van der Waals surface area contributed by atoms with Gasteiger partial charge in [-0.15, -0.1) is 10.2 Å². The fraction of sp³-hybridized carbons (Fsp3) is 0.333. The summed E-state index contributed by atoms with van der Waals surface area (Å²) in [5.74, 6) is 1.25. The molecule has 172 valence electrons. The van der Waals surface area contributed by atoms with Crippen LogP contribution in [-0.2, 0) is 19.0 Å². The molecule has 1 aliphatic carbocycles. The lowest BCUT2D eigenvalue weighted by Gasteiger charge is -2.36. The van der Waals surface area contributed by atoms with E-state index in [0.717, 1.165) is 70.4 Å². The lowest BCUT2D eigenvalue weighted by Crippen LogP contribution is -2.44. The van der Waals surface area contributed by atoms with Crippen molar-refractivity contribution in [3.8, 4) is 11.4 Å². The molecule has 1 saturated carbocycles. The lowest BCUT2D eigenvalue weighted by molar-refractivity contribution is 0.273. The van der Waals surface area contributed by atoms with Gasteiger partial charge in [-0.05, 0) is 42.5 Å². The maximum Gasteiger partial charge on any atom is 0.206 e. The van der Waals surface area contributed by atoms with Crippen molar-refractivity contribution in [2.75, 3.05) is 0 Å². The van der Waals surface area contributed by atoms with Crippen LogP contribution in [0.3, 0.4) is 0 Å². The number of fused-ring (bicyclic) bond motifs is 3. The third kappa shape index (κ3) is 3.61. The Bertz CT molecular complexity index is 1480. The average Bonchev–Trinajstić information content (AvgIpc) is 3.44. The van der Waals surface area contributed by atoms with Gasteiger partial charge in [-0.25, -0.2) is 9.97 Å². The molecule has 0 bridgehead atoms. The quantitative estimate of drug-likeness (QED) is 0.374. The molecule has 4 heterocycles. The zero-order chi connectivity index (χ0) is 23.3. The van der Waals surface area contributed by atoms with E-state index in [2.05, 4.69) is 32.5 Å². The molecular formula is C24H26N10. The van der Waals surface area contributed by atoms with Crippen molar-refractivity contribution in [1.29, 1.82) is 0 Å². The van der Waals surface area contributed by atoms with Crippen molar-refractivity contribution >= 4 is 22.1 Å². The van der Waals surface area contributed by atoms with E-state index in [1.165, 1.54) is 4.80 Å². The number of aryl methyl sites for hydroxylation is 1. The zero-order valence-corrected chi connectivity index (χ0v) is 18.9. The van der Waals surface area contributed by atoms with E-state index in [4.69, 9.17) is 26.4 Å². The number of H-pyrrole nitrogens is 1. The number of pyridine rings is 1. The second-order valence-corrected chi connectivity index (χ2v) is 9.22. The van der Waals surface area contributed by atoms with Gasteiger partial charge in [-0.2, -0.15) is 4.80 Å². The van der Waals surface area contributed by atoms with Gasteiger partial charge in [-0.1, -0.05) is 30.3 Å². The van der Waals surface area contributed by atoms with E-state index in [1.54, 1.807) is 13.2 Å². The topological polar surface area (TPSA) is 150 Å². The molecule has 4 aromatic heterocycles. The molecule has 10 heteroatoms. The molecule has 0 amide bonds. The van der Waals surface area contributed by atoms with Crippen molar-refractivity contribution in [3.63, 3.8) is 0 Å². The van der Waals surface area contributed by atoms with E-state index >= 15 is 0 Å². The first-order valence-electron chi connectivity index (χ1n) is 11.5. The number of nitrogens with two attached hydrogens (primary N) is 2. The number of aromatic amines is 1. The van der Waals surface area contributed by atoms with Crippen molar-refractivity contribution in [2.24, 2.45) is 18.5 Å². The number of hydrogen-bond donors (Lipinski definition) is 3. The molecule has 5 N–H and O–H groups in total. The highest BCUT2D eigenvalue weighted by Gasteiger charge is 2.36. The number of benzene rings is 1. The minimum absolute atomic E-state index is 0.181. The van der Waals surface area contributed by atoms with Gasteiger partial charge in [0.25, 0.3) is 0 Å². The van der Waals surface area contributed by atoms with Crippen LogP contribution in [0.2, 0.25) is 0 Å². The molecule has 5 aromatic rings. The number of nitrogens with one attached hydrogen (secondary N) is 1. The summed E-state index contributed by atoms with van der Waals surface area (Å²) < 4.78 is 0. The van der Waals surface area contributed by atoms with Crippen molar-refractivity contribution in [2.45, 2.75) is 43.7 Å². The number of nitrogens with zero attached hydrogens (tertiary/aromatic N) is 7. The van der Waals surface area contributed by atoms with E-state index in [-0.39, 0.29) is 6.04 Å². The van der Waals surface area contributed by atoms with E-state index in [9.17, 15) is 0 Å². The number of hydrogen-bond acceptors (Lipinski definition) is 8. The molecule has 0 aliphatic heterocycles. The summed E-state index contributed by atoms with van der Waals surface area (Å²) in [7, 11) is 1.73. The highest BCUT2D eigenvalue weighted by atomic mass is 15.6. The van der Waals surface area contributed by atoms with Gasteiger partial charge in [0, 0.05) is 24.2 Å². The Hall–Kier alpha value is -3.76. The fourth-order valence-corrected chi connectivity index (χ4v) is 4.84. The van der Waals surface area contributed by atoms with E-state index in [1.807, 2.05) is 24.3 Å². The van der Waals surface area contributed by atoms with Crippen LogP contribution in [-0.4, -0.2) is 46.2 Å². The molecule has 0 radical (unpaired) electrons. The van der Waals surface area contributed by atoms with Gasteiger partial charge < -0.3 is 16.5 Å². The van der Waals surface area contributed by atoms with Crippen LogP contribution in [0.5, 0.6) is 0 Å². The highest BCUT2D eigenvalue weighted by Crippen LogP contribution is 2.39. The summed E-state index contributed by atoms with van der Waals surface area (Å²) in [4.78, 5) is 19.6. The molecule has 0 unspecified atom stereocenters. The van der Waals surface area contributed by atoms with Crippen molar-refractivity contribution < 1.29 is 0 Å². The van der Waals surface area contributed by atoms with Gasteiger partial charge in [-0.3, -0.25) is 4.98 Å². The average molecular weight is 455 g/mol. The summed E-state index contributed by atoms with van der Waals surface area (Å²) in [6.45, 7) is 0. The molecule has 1 aromatic carbocycles. The smallest absolute Gasteiger partial charge is 0.206 e. The molecule has 6 rings (SSSR count). The summed E-state index contributed by atoms with van der Waals surface area (Å²) in [5, 5.41) is 13.2. The molecule has 0 atom stereocenters. The molecule has 10 nitrogen and oxygen atoms in total. The Morgan fingerprint density at radius 2 is 1.94 bits per heavy atom. The van der Waals surface area contributed by atoms with Crippen LogP contribution in [0.4, 0.5) is 0 Å². The van der Waals surface area contributed by atoms with Crippen LogP contribution < -0.4 is 11.5 Å². The third-order valence-corrected chi connectivity index (χ3v) is 6.70. The monoisotopic (exact) mass is 454 g/mol. The zero-order valence-electron chi connectivity index (χ0n) is 18.9. The van der Waals surface area contributed by atoms with E-state index in [0.29, 0.717) is 12.2 Å². The first-order chi connectivity index (χ1) is 16.5. The molecule has 0 spiro atoms. The standard InChI is InChI=1S/C24H26N10/c1-34-32-22(31-33-34)15-12-17-20(27-13-15)19-21(24(26)9-7-16(25)8-10-24)29-18(30-23(19)28-17)11-14-5-3-2-4-6-14/h2-6,12-13,16H,7-11,25-26H2,1H3,(H,28,29,30). The Labute approximate surface area is 195 Å². The summed E-state index contributed by atoms with van der Waals surface area (Å²) in [5.41, 5.74) is 17.8. The number of aromatic nitrogens is 8. The molecule has 1 fully saturated rings. The Balaban J connectivity index is 1.53. The van der Waals surface area contributed by atoms with Gasteiger partial charge >= 0.3 is 0 Å². The van der Waals surface area contributed by atoms with Gasteiger partial charge in [0.15, 0.2) is 0 Å². The number of tetrazole rings is 1. The summed E-state index contributed by atoms with van der Waals surface area (Å²) in [6, 6.07) is 12.4. The molecular weight excluding hydrogens is 428 g/mol. The molecule has 1 aliphatic rings. The predicted molar refractivity (Wildman–Crippen MR) is 129 cm³/mol. The highest BCUT2D eigenvalue weighted by molar-refractivity contribution is 6.05. The molecule has 0 saturated heterocycles. The van der Waals surface area contributed by atoms with Crippen LogP contribution in [0, 0.1) is 0 Å². The van der Waals surface area contributed by atoms with Gasteiger partial charge in [0.2, 0.25) is 5.82 Å². The normalized spacial score (nSPS) is 20.9. The summed E-state index contributed by atoms with van der Waals surface area (Å²) in [6.07, 6.45) is 5.67. The maximum atomic E-state index is 7.03. The fourth-order valence-electron chi connectivity index (χ4n) is 4.84. The van der Waals surface area contributed by atoms with Crippen LogP contribution >= 0.6 is 0 Å². The largest absolute Gasteiger partial charge is 0.338 e. The first-order valence-corrected chi connectivity index (χ1v) is 11.5. The van der Waals surface area contributed by atoms with E-state index < -0.39 is 5.54 Å². The molecule has 34 heavy (non-hydrogen) atoms. The summed E-state index contributed by atoms with van der Waals surface area (Å²) >= 11 is 0. The lowest BCUT2D eigenvalue weighted by atomic mass is 9.77. The van der Waals surface area contributed by atoms with Crippen LogP contribution in [0.15, 0.2) is 42.6 Å². The Morgan fingerprint density at radius 3 is 2.68 bits per heavy atom. The second-order valence-electron chi connectivity index (χ2n) is 9.22. The van der Waals surface area contributed by atoms with Crippen molar-refractivity contribution in [1.82, 2.24) is 40.1 Å². The maximum absolute atomic E-state index is 7.03. The minimum atomic E-state index is -0.579. The van der Waals surface area contributed by atoms with Crippen LogP contribution in [0.25, 0.3) is 33.5 Å². The van der Waals surface area contributed by atoms with Crippen LogP contribution in [0.1, 0.15) is 42.8 Å². The second kappa shape index (κ2) is 7.93. The third-order valence-electron chi connectivity index (χ3n) is 6.70. The Kier molecular flexibility index (Phi) is 4.85. The van der Waals surface area contributed by atoms with Gasteiger partial charge in [0.1, 0.15) is 11.5 Å². The first kappa shape index (κ1) is 20.8. The van der Waals surface area contributed by atoms with Gasteiger partial charge in [0.05, 0.1) is 34.7 Å². The van der Waals surface area contributed by atoms with Crippen molar-refractivity contribution in [3.05, 3.63) is 59.7 Å². The SMILES string of the molecule is Cn1nnc(-c2cnc3c(c2)[nH]c2nc(Cc4ccccc4)nc(C4(N)CCC(N)CC4)c23)n1. The predicted octanol–water partition coefficient (Wildman–Crippen LogP) is 2.34.